The number of H-pyrrole nitrogens is 1. The minimum absolute atomic E-state index is 0.0536. The number of urea groups is 1. The van der Waals surface area contributed by atoms with Crippen LogP contribution < -0.4 is 10.6 Å². The summed E-state index contributed by atoms with van der Waals surface area (Å²) in [4.78, 5) is 29.6. The van der Waals surface area contributed by atoms with Crippen LogP contribution >= 0.6 is 0 Å². The number of carboxylic acid groups (broad SMARTS) is 1. The molecule has 2 amide bonds. The number of carbonyl (C=O) groups is 2. The first-order chi connectivity index (χ1) is 17.9. The van der Waals surface area contributed by atoms with Crippen LogP contribution in [0.5, 0.6) is 0 Å². The van der Waals surface area contributed by atoms with Gasteiger partial charge in [0.15, 0.2) is 0 Å². The van der Waals surface area contributed by atoms with Crippen LogP contribution in [0.1, 0.15) is 50.0 Å². The molecule has 1 unspecified atom stereocenters. The van der Waals surface area contributed by atoms with E-state index in [1.54, 1.807) is 4.90 Å². The molecule has 1 aliphatic carbocycles. The molecule has 0 bridgehead atoms. The number of amides is 2. The smallest absolute Gasteiger partial charge is 0.321 e. The highest BCUT2D eigenvalue weighted by Crippen LogP contribution is 2.37. The highest BCUT2D eigenvalue weighted by molar-refractivity contribution is 5.89. The quantitative estimate of drug-likeness (QED) is 0.354. The number of aromatic nitrogens is 1. The van der Waals surface area contributed by atoms with E-state index in [2.05, 4.69) is 40.0 Å². The minimum atomic E-state index is -0.864. The molecule has 0 radical (unpaired) electrons. The van der Waals surface area contributed by atoms with E-state index in [9.17, 15) is 23.5 Å². The maximum Gasteiger partial charge on any atom is 0.321 e. The number of rotatable bonds is 6. The molecule has 2 fully saturated rings. The molecule has 5 rings (SSSR count). The van der Waals surface area contributed by atoms with Crippen LogP contribution in [-0.4, -0.2) is 52.2 Å². The standard InChI is InChI=1S/C28H32F2N4O3/c29-19-13-20(30)15-22(14-19)33-28(37)34-11-9-18(10-12-34)26(27(35)36)32-21-7-5-17(6-8-21)24-16-31-25-4-2-1-3-23(24)25/h1-4,13-18,21,26,31-32H,5-12H2,(H,33,37)(H,35,36). The third-order valence-corrected chi connectivity index (χ3v) is 7.88. The van der Waals surface area contributed by atoms with Crippen molar-refractivity contribution in [3.05, 3.63) is 65.9 Å². The summed E-state index contributed by atoms with van der Waals surface area (Å²) in [6.07, 6.45) is 7.03. The Bertz CT molecular complexity index is 1240. The molecule has 37 heavy (non-hydrogen) atoms. The molecule has 2 heterocycles. The highest BCUT2D eigenvalue weighted by Gasteiger charge is 2.35. The highest BCUT2D eigenvalue weighted by atomic mass is 19.1. The number of carbonyl (C=O) groups excluding carboxylic acids is 1. The van der Waals surface area contributed by atoms with E-state index in [4.69, 9.17) is 0 Å². The average Bonchev–Trinajstić information content (AvgIpc) is 3.31. The van der Waals surface area contributed by atoms with E-state index >= 15 is 0 Å². The summed E-state index contributed by atoms with van der Waals surface area (Å²) < 4.78 is 26.8. The van der Waals surface area contributed by atoms with Crippen molar-refractivity contribution in [1.82, 2.24) is 15.2 Å². The third-order valence-electron chi connectivity index (χ3n) is 7.88. The molecule has 9 heteroatoms. The van der Waals surface area contributed by atoms with Gasteiger partial charge in [-0.2, -0.15) is 0 Å². The zero-order valence-corrected chi connectivity index (χ0v) is 20.6. The zero-order valence-electron chi connectivity index (χ0n) is 20.6. The van der Waals surface area contributed by atoms with Gasteiger partial charge in [0.05, 0.1) is 0 Å². The molecule has 2 aromatic carbocycles. The maximum atomic E-state index is 13.4. The summed E-state index contributed by atoms with van der Waals surface area (Å²) >= 11 is 0. The number of aromatic amines is 1. The Balaban J connectivity index is 1.13. The van der Waals surface area contributed by atoms with E-state index in [-0.39, 0.29) is 17.6 Å². The summed E-state index contributed by atoms with van der Waals surface area (Å²) in [6.45, 7) is 0.764. The number of nitrogens with zero attached hydrogens (tertiary/aromatic N) is 1. The Morgan fingerprint density at radius 1 is 0.973 bits per heavy atom. The van der Waals surface area contributed by atoms with Crippen LogP contribution in [0.25, 0.3) is 10.9 Å². The van der Waals surface area contributed by atoms with Gasteiger partial charge in [0.25, 0.3) is 0 Å². The van der Waals surface area contributed by atoms with E-state index < -0.39 is 29.7 Å². The van der Waals surface area contributed by atoms with Gasteiger partial charge in [-0.15, -0.1) is 0 Å². The van der Waals surface area contributed by atoms with Crippen LogP contribution in [0.2, 0.25) is 0 Å². The van der Waals surface area contributed by atoms with E-state index in [1.807, 2.05) is 6.07 Å². The zero-order chi connectivity index (χ0) is 25.9. The predicted molar refractivity (Wildman–Crippen MR) is 138 cm³/mol. The van der Waals surface area contributed by atoms with Crippen LogP contribution in [-0.2, 0) is 4.79 Å². The summed E-state index contributed by atoms with van der Waals surface area (Å²) in [7, 11) is 0. The van der Waals surface area contributed by atoms with Gasteiger partial charge in [0, 0.05) is 48.0 Å². The molecule has 1 atom stereocenters. The molecule has 1 saturated carbocycles. The largest absolute Gasteiger partial charge is 0.480 e. The third kappa shape index (κ3) is 5.77. The second-order valence-corrected chi connectivity index (χ2v) is 10.2. The minimum Gasteiger partial charge on any atom is -0.480 e. The van der Waals surface area contributed by atoms with Crippen molar-refractivity contribution in [3.63, 3.8) is 0 Å². The van der Waals surface area contributed by atoms with Gasteiger partial charge in [-0.1, -0.05) is 18.2 Å². The number of fused-ring (bicyclic) bond motifs is 1. The number of aliphatic carboxylic acids is 1. The van der Waals surface area contributed by atoms with Crippen molar-refractivity contribution in [3.8, 4) is 0 Å². The van der Waals surface area contributed by atoms with Gasteiger partial charge < -0.3 is 25.6 Å². The van der Waals surface area contributed by atoms with Gasteiger partial charge in [0.2, 0.25) is 0 Å². The number of carboxylic acids is 1. The first-order valence-electron chi connectivity index (χ1n) is 12.9. The summed E-state index contributed by atoms with van der Waals surface area (Å²) in [5, 5.41) is 17.2. The second kappa shape index (κ2) is 10.9. The van der Waals surface area contributed by atoms with Gasteiger partial charge in [-0.05, 0) is 74.1 Å². The van der Waals surface area contributed by atoms with Gasteiger partial charge in [0.1, 0.15) is 17.7 Å². The Kier molecular flexibility index (Phi) is 7.41. The fourth-order valence-electron chi connectivity index (χ4n) is 5.93. The summed E-state index contributed by atoms with van der Waals surface area (Å²) in [5.41, 5.74) is 2.54. The molecule has 4 N–H and O–H groups in total. The maximum absolute atomic E-state index is 13.4. The monoisotopic (exact) mass is 510 g/mol. The number of piperidine rings is 1. The topological polar surface area (TPSA) is 97.5 Å². The molecule has 0 spiro atoms. The number of para-hydroxylation sites is 1. The molecule has 1 aliphatic heterocycles. The molecule has 3 aromatic rings. The Morgan fingerprint density at radius 2 is 1.65 bits per heavy atom. The lowest BCUT2D eigenvalue weighted by Gasteiger charge is -2.37. The Labute approximate surface area is 214 Å². The van der Waals surface area contributed by atoms with Crippen molar-refractivity contribution in [2.75, 3.05) is 18.4 Å². The molecule has 196 valence electrons. The SMILES string of the molecule is O=C(O)C(NC1CCC(c2c[nH]c3ccccc23)CC1)C1CCN(C(=O)Nc2cc(F)cc(F)c2)CC1. The van der Waals surface area contributed by atoms with Crippen molar-refractivity contribution in [2.24, 2.45) is 5.92 Å². The molecule has 2 aliphatic rings. The predicted octanol–water partition coefficient (Wildman–Crippen LogP) is 5.46. The fraction of sp³-hybridized carbons (Fsp3) is 0.429. The first-order valence-corrected chi connectivity index (χ1v) is 12.9. The van der Waals surface area contributed by atoms with Crippen LogP contribution in [0, 0.1) is 17.6 Å². The van der Waals surface area contributed by atoms with Gasteiger partial charge in [-0.25, -0.2) is 13.6 Å². The Hall–Kier alpha value is -3.46. The number of nitrogens with one attached hydrogen (secondary N) is 3. The van der Waals surface area contributed by atoms with Crippen LogP contribution in [0.3, 0.4) is 0 Å². The fourth-order valence-corrected chi connectivity index (χ4v) is 5.93. The molecular weight excluding hydrogens is 478 g/mol. The van der Waals surface area contributed by atoms with Gasteiger partial charge >= 0.3 is 12.0 Å². The average molecular weight is 511 g/mol. The number of hydrogen-bond donors (Lipinski definition) is 4. The lowest BCUT2D eigenvalue weighted by Crippen LogP contribution is -2.52. The molecule has 1 aromatic heterocycles. The lowest BCUT2D eigenvalue weighted by molar-refractivity contribution is -0.141. The number of anilines is 1. The Morgan fingerprint density at radius 3 is 2.32 bits per heavy atom. The van der Waals surface area contributed by atoms with Crippen LogP contribution in [0.4, 0.5) is 19.3 Å². The number of likely N-dealkylation sites (tertiary alicyclic amines) is 1. The van der Waals surface area contributed by atoms with E-state index in [1.165, 1.54) is 10.9 Å². The first kappa shape index (κ1) is 25.2. The summed E-state index contributed by atoms with van der Waals surface area (Å²) in [5.74, 6) is -2.03. The summed E-state index contributed by atoms with van der Waals surface area (Å²) in [6, 6.07) is 10.2. The normalized spacial score (nSPS) is 21.6. The van der Waals surface area contributed by atoms with Gasteiger partial charge in [-0.3, -0.25) is 4.79 Å². The van der Waals surface area contributed by atoms with Crippen LogP contribution in [0.15, 0.2) is 48.7 Å². The van der Waals surface area contributed by atoms with Crippen molar-refractivity contribution in [1.29, 1.82) is 0 Å². The number of hydrogen-bond acceptors (Lipinski definition) is 3. The molecular formula is C28H32F2N4O3. The van der Waals surface area contributed by atoms with E-state index in [0.717, 1.165) is 49.4 Å². The van der Waals surface area contributed by atoms with Crippen molar-refractivity contribution in [2.45, 2.75) is 56.5 Å². The molecule has 7 nitrogen and oxygen atoms in total. The van der Waals surface area contributed by atoms with E-state index in [0.29, 0.717) is 31.8 Å². The number of benzene rings is 2. The number of halogens is 2. The lowest BCUT2D eigenvalue weighted by atomic mass is 9.80. The van der Waals surface area contributed by atoms with Crippen molar-refractivity contribution >= 4 is 28.6 Å². The second-order valence-electron chi connectivity index (χ2n) is 10.2. The molecule has 1 saturated heterocycles. The van der Waals surface area contributed by atoms with Crippen molar-refractivity contribution < 1.29 is 23.5 Å².